The summed E-state index contributed by atoms with van der Waals surface area (Å²) in [5, 5.41) is 9.02. The summed E-state index contributed by atoms with van der Waals surface area (Å²) in [7, 11) is 0. The third-order valence-corrected chi connectivity index (χ3v) is 4.45. The van der Waals surface area contributed by atoms with Gasteiger partial charge in [-0.3, -0.25) is 4.90 Å². The first-order chi connectivity index (χ1) is 12.4. The van der Waals surface area contributed by atoms with Crippen LogP contribution in [0.1, 0.15) is 5.56 Å². The maximum Gasteiger partial charge on any atom is 0.226 e. The molecule has 2 aromatic rings. The number of morpholine rings is 1. The zero-order valence-corrected chi connectivity index (χ0v) is 14.0. The molecule has 4 rings (SSSR count). The summed E-state index contributed by atoms with van der Waals surface area (Å²) < 4.78 is 11.8. The molecule has 1 saturated heterocycles. The van der Waals surface area contributed by atoms with Gasteiger partial charge in [-0.25, -0.2) is 0 Å². The van der Waals surface area contributed by atoms with Crippen LogP contribution in [-0.4, -0.2) is 37.4 Å². The Morgan fingerprint density at radius 2 is 1.60 bits per heavy atom. The zero-order valence-electron chi connectivity index (χ0n) is 14.0. The lowest BCUT2D eigenvalue weighted by atomic mass is 10.0. The Morgan fingerprint density at radius 1 is 0.920 bits per heavy atom. The number of hydrogen-bond acceptors (Lipinski definition) is 5. The lowest BCUT2D eigenvalue weighted by Crippen LogP contribution is -2.44. The summed E-state index contributed by atoms with van der Waals surface area (Å²) in [5.41, 5.74) is 0.895. The normalized spacial score (nSPS) is 27.1. The molecule has 25 heavy (non-hydrogen) atoms. The quantitative estimate of drug-likeness (QED) is 0.629. The van der Waals surface area contributed by atoms with Crippen LogP contribution >= 0.6 is 0 Å². The van der Waals surface area contributed by atoms with Gasteiger partial charge in [-0.1, -0.05) is 48.5 Å². The second-order valence-electron chi connectivity index (χ2n) is 6.11. The third-order valence-electron chi connectivity index (χ3n) is 4.45. The second-order valence-corrected chi connectivity index (χ2v) is 6.11. The van der Waals surface area contributed by atoms with E-state index in [1.165, 1.54) is 0 Å². The average molecular weight is 335 g/mol. The van der Waals surface area contributed by atoms with Gasteiger partial charge in [-0.2, -0.15) is 5.11 Å². The van der Waals surface area contributed by atoms with Crippen molar-refractivity contribution >= 4 is 5.69 Å². The molecule has 0 spiro atoms. The van der Waals surface area contributed by atoms with Gasteiger partial charge in [0.1, 0.15) is 6.23 Å². The molecule has 2 aliphatic heterocycles. The molecule has 0 aliphatic carbocycles. The highest BCUT2D eigenvalue weighted by atomic mass is 16.5. The molecule has 2 heterocycles. The lowest BCUT2D eigenvalue weighted by Gasteiger charge is -2.33. The highest BCUT2D eigenvalue weighted by Crippen LogP contribution is 2.37. The van der Waals surface area contributed by atoms with Crippen molar-refractivity contribution in [3.63, 3.8) is 0 Å². The Hall–Kier alpha value is -2.34. The van der Waals surface area contributed by atoms with E-state index in [1.54, 1.807) is 0 Å². The van der Waals surface area contributed by atoms with Gasteiger partial charge in [0.05, 0.1) is 18.9 Å². The molecule has 2 aliphatic rings. The fraction of sp³-hybridized carbons (Fsp3) is 0.300. The largest absolute Gasteiger partial charge is 0.379 e. The van der Waals surface area contributed by atoms with Crippen LogP contribution in [0.15, 0.2) is 83.0 Å². The summed E-state index contributed by atoms with van der Waals surface area (Å²) in [6.07, 6.45) is 3.97. The monoisotopic (exact) mass is 335 g/mol. The van der Waals surface area contributed by atoms with Gasteiger partial charge in [0.25, 0.3) is 0 Å². The van der Waals surface area contributed by atoms with Crippen molar-refractivity contribution in [3.05, 3.63) is 78.4 Å². The molecule has 0 bridgehead atoms. The number of nitrogens with zero attached hydrogens (tertiary/aromatic N) is 3. The predicted molar refractivity (Wildman–Crippen MR) is 95.5 cm³/mol. The molecular formula is C20H21N3O2. The summed E-state index contributed by atoms with van der Waals surface area (Å²) in [5.74, 6) is 0. The van der Waals surface area contributed by atoms with Gasteiger partial charge in [-0.05, 0) is 24.3 Å². The third kappa shape index (κ3) is 3.54. The first-order valence-corrected chi connectivity index (χ1v) is 8.58. The minimum Gasteiger partial charge on any atom is -0.379 e. The van der Waals surface area contributed by atoms with Crippen molar-refractivity contribution in [2.75, 3.05) is 26.3 Å². The summed E-state index contributed by atoms with van der Waals surface area (Å²) in [4.78, 5) is 2.27. The maximum absolute atomic E-state index is 6.40. The molecule has 0 saturated carbocycles. The van der Waals surface area contributed by atoms with Gasteiger partial charge in [-0.15, -0.1) is 5.11 Å². The molecule has 0 radical (unpaired) electrons. The molecule has 5 heteroatoms. The standard InChI is InChI=1S/C20H21N3O2/c1-3-7-17(8-4-1)20(22-21-18-9-5-2-6-10-18)12-11-19(25-20)23-13-15-24-16-14-23/h1-12,19H,13-16H2/b22-21+. The van der Waals surface area contributed by atoms with Crippen LogP contribution in [0.3, 0.4) is 0 Å². The van der Waals surface area contributed by atoms with E-state index in [1.807, 2.05) is 66.7 Å². The molecule has 0 aromatic heterocycles. The molecule has 0 N–H and O–H groups in total. The Morgan fingerprint density at radius 3 is 2.32 bits per heavy atom. The second kappa shape index (κ2) is 7.27. The number of azo groups is 1. The van der Waals surface area contributed by atoms with Crippen LogP contribution in [0.25, 0.3) is 0 Å². The first-order valence-electron chi connectivity index (χ1n) is 8.58. The Bertz CT molecular complexity index is 742. The van der Waals surface area contributed by atoms with Crippen LogP contribution < -0.4 is 0 Å². The highest BCUT2D eigenvalue weighted by molar-refractivity contribution is 5.36. The lowest BCUT2D eigenvalue weighted by molar-refractivity contribution is -0.118. The summed E-state index contributed by atoms with van der Waals surface area (Å²) in [6.45, 7) is 3.18. The molecule has 2 aromatic carbocycles. The fourth-order valence-corrected chi connectivity index (χ4v) is 3.09. The Kier molecular flexibility index (Phi) is 4.70. The van der Waals surface area contributed by atoms with Crippen LogP contribution in [0.2, 0.25) is 0 Å². The van der Waals surface area contributed by atoms with E-state index in [0.29, 0.717) is 0 Å². The van der Waals surface area contributed by atoms with Gasteiger partial charge in [0.2, 0.25) is 5.72 Å². The van der Waals surface area contributed by atoms with Crippen LogP contribution in [0.4, 0.5) is 5.69 Å². The maximum atomic E-state index is 6.40. The number of hydrogen-bond donors (Lipinski definition) is 0. The number of rotatable bonds is 4. The molecule has 2 unspecified atom stereocenters. The summed E-state index contributed by atoms with van der Waals surface area (Å²) in [6, 6.07) is 19.8. The van der Waals surface area contributed by atoms with Gasteiger partial charge < -0.3 is 9.47 Å². The van der Waals surface area contributed by atoms with E-state index in [4.69, 9.17) is 9.47 Å². The van der Waals surface area contributed by atoms with E-state index in [-0.39, 0.29) is 6.23 Å². The van der Waals surface area contributed by atoms with Crippen LogP contribution in [0, 0.1) is 0 Å². The van der Waals surface area contributed by atoms with Crippen molar-refractivity contribution in [3.8, 4) is 0 Å². The Balaban J connectivity index is 1.62. The summed E-state index contributed by atoms with van der Waals surface area (Å²) >= 11 is 0. The minimum atomic E-state index is -0.889. The van der Waals surface area contributed by atoms with Crippen molar-refractivity contribution in [2.45, 2.75) is 12.0 Å². The van der Waals surface area contributed by atoms with Crippen molar-refractivity contribution < 1.29 is 9.47 Å². The van der Waals surface area contributed by atoms with E-state index >= 15 is 0 Å². The van der Waals surface area contributed by atoms with Gasteiger partial charge >= 0.3 is 0 Å². The SMILES string of the molecule is C1=CC(/N=N/c2ccccc2)(c2ccccc2)OC1N1CCOCC1. The van der Waals surface area contributed by atoms with E-state index in [0.717, 1.165) is 37.6 Å². The molecular weight excluding hydrogens is 314 g/mol. The van der Waals surface area contributed by atoms with Crippen molar-refractivity contribution in [1.29, 1.82) is 0 Å². The van der Waals surface area contributed by atoms with E-state index in [2.05, 4.69) is 21.2 Å². The topological polar surface area (TPSA) is 46.4 Å². The van der Waals surface area contributed by atoms with Crippen molar-refractivity contribution in [2.24, 2.45) is 10.2 Å². The predicted octanol–water partition coefficient (Wildman–Crippen LogP) is 3.87. The molecule has 1 fully saturated rings. The zero-order chi connectivity index (χ0) is 17.0. The molecule has 2 atom stereocenters. The van der Waals surface area contributed by atoms with E-state index in [9.17, 15) is 0 Å². The number of benzene rings is 2. The fourth-order valence-electron chi connectivity index (χ4n) is 3.09. The van der Waals surface area contributed by atoms with Gasteiger partial charge in [0.15, 0.2) is 0 Å². The molecule has 0 amide bonds. The van der Waals surface area contributed by atoms with Crippen LogP contribution in [-0.2, 0) is 15.2 Å². The Labute approximate surface area is 147 Å². The minimum absolute atomic E-state index is 0.112. The highest BCUT2D eigenvalue weighted by Gasteiger charge is 2.40. The average Bonchev–Trinajstić information content (AvgIpc) is 3.14. The van der Waals surface area contributed by atoms with Crippen molar-refractivity contribution in [1.82, 2.24) is 4.90 Å². The van der Waals surface area contributed by atoms with E-state index < -0.39 is 5.72 Å². The van der Waals surface area contributed by atoms with Crippen LogP contribution in [0.5, 0.6) is 0 Å². The molecule has 5 nitrogen and oxygen atoms in total. The first kappa shape index (κ1) is 16.1. The number of ether oxygens (including phenoxy) is 2. The smallest absolute Gasteiger partial charge is 0.226 e. The molecule has 128 valence electrons. The van der Waals surface area contributed by atoms with Gasteiger partial charge in [0, 0.05) is 18.7 Å².